The predicted octanol–water partition coefficient (Wildman–Crippen LogP) is 3.00. The molecule has 1 aliphatic rings. The van der Waals surface area contributed by atoms with Gasteiger partial charge in [0.2, 0.25) is 5.88 Å². The third kappa shape index (κ3) is 3.21. The van der Waals surface area contributed by atoms with Crippen molar-refractivity contribution in [3.05, 3.63) is 22.3 Å². The Balaban J connectivity index is 0.000000980. The third-order valence-corrected chi connectivity index (χ3v) is 3.00. The van der Waals surface area contributed by atoms with Gasteiger partial charge in [-0.15, -0.1) is 0 Å². The summed E-state index contributed by atoms with van der Waals surface area (Å²) in [5, 5.41) is 0. The number of hydrogen-bond donors (Lipinski definition) is 0. The van der Waals surface area contributed by atoms with Crippen LogP contribution in [-0.4, -0.2) is 11.6 Å². The molecule has 0 aromatic carbocycles. The van der Waals surface area contributed by atoms with Crippen LogP contribution < -0.4 is 4.74 Å². The van der Waals surface area contributed by atoms with Crippen molar-refractivity contribution in [2.24, 2.45) is 5.92 Å². The SMILES string of the molecule is Cc1nc(OCC2CC2)ccc1Br.P. The minimum absolute atomic E-state index is 0. The molecule has 0 bridgehead atoms. The summed E-state index contributed by atoms with van der Waals surface area (Å²) in [6.07, 6.45) is 2.63. The Morgan fingerprint density at radius 1 is 1.50 bits per heavy atom. The van der Waals surface area contributed by atoms with Gasteiger partial charge in [0, 0.05) is 10.5 Å². The highest BCUT2D eigenvalue weighted by molar-refractivity contribution is 9.10. The molecule has 1 saturated carbocycles. The lowest BCUT2D eigenvalue weighted by atomic mass is 10.4. The first-order chi connectivity index (χ1) is 6.25. The topological polar surface area (TPSA) is 22.1 Å². The average molecular weight is 276 g/mol. The lowest BCUT2D eigenvalue weighted by Crippen LogP contribution is -2.01. The Bertz CT molecular complexity index is 315. The summed E-state index contributed by atoms with van der Waals surface area (Å²) < 4.78 is 6.57. The second kappa shape index (κ2) is 5.09. The number of halogens is 1. The fraction of sp³-hybridized carbons (Fsp3) is 0.500. The molecule has 14 heavy (non-hydrogen) atoms. The number of rotatable bonds is 3. The summed E-state index contributed by atoms with van der Waals surface area (Å²) in [4.78, 5) is 4.30. The van der Waals surface area contributed by atoms with Crippen molar-refractivity contribution >= 4 is 25.8 Å². The minimum atomic E-state index is 0. The van der Waals surface area contributed by atoms with Crippen molar-refractivity contribution in [3.63, 3.8) is 0 Å². The van der Waals surface area contributed by atoms with E-state index in [-0.39, 0.29) is 9.90 Å². The Hall–Kier alpha value is -0.140. The van der Waals surface area contributed by atoms with Gasteiger partial charge in [-0.3, -0.25) is 0 Å². The Morgan fingerprint density at radius 2 is 2.21 bits per heavy atom. The van der Waals surface area contributed by atoms with Gasteiger partial charge in [0.05, 0.1) is 12.3 Å². The van der Waals surface area contributed by atoms with Crippen LogP contribution in [0.1, 0.15) is 18.5 Å². The molecule has 0 radical (unpaired) electrons. The molecule has 1 fully saturated rings. The van der Waals surface area contributed by atoms with Crippen molar-refractivity contribution in [1.82, 2.24) is 4.98 Å². The highest BCUT2D eigenvalue weighted by Gasteiger charge is 2.22. The van der Waals surface area contributed by atoms with Crippen LogP contribution in [0.25, 0.3) is 0 Å². The number of aryl methyl sites for hydroxylation is 1. The van der Waals surface area contributed by atoms with Crippen LogP contribution in [0.2, 0.25) is 0 Å². The van der Waals surface area contributed by atoms with E-state index in [0.717, 1.165) is 28.6 Å². The van der Waals surface area contributed by atoms with E-state index in [1.807, 2.05) is 19.1 Å². The van der Waals surface area contributed by atoms with Crippen LogP contribution >= 0.6 is 25.8 Å². The van der Waals surface area contributed by atoms with Gasteiger partial charge >= 0.3 is 0 Å². The Morgan fingerprint density at radius 3 is 2.79 bits per heavy atom. The summed E-state index contributed by atoms with van der Waals surface area (Å²) in [6, 6.07) is 3.88. The molecule has 78 valence electrons. The highest BCUT2D eigenvalue weighted by atomic mass is 79.9. The summed E-state index contributed by atoms with van der Waals surface area (Å²) in [5.41, 5.74) is 0.980. The number of hydrogen-bond acceptors (Lipinski definition) is 2. The van der Waals surface area contributed by atoms with E-state index in [0.29, 0.717) is 0 Å². The molecule has 0 spiro atoms. The van der Waals surface area contributed by atoms with Crippen LogP contribution in [0.3, 0.4) is 0 Å². The maximum absolute atomic E-state index is 5.53. The van der Waals surface area contributed by atoms with E-state index in [1.165, 1.54) is 12.8 Å². The van der Waals surface area contributed by atoms with Crippen LogP contribution in [0.5, 0.6) is 5.88 Å². The molecule has 1 unspecified atom stereocenters. The second-order valence-corrected chi connectivity index (χ2v) is 4.33. The second-order valence-electron chi connectivity index (χ2n) is 3.47. The number of pyridine rings is 1. The molecule has 2 rings (SSSR count). The zero-order chi connectivity index (χ0) is 9.26. The first-order valence-corrected chi connectivity index (χ1v) is 5.31. The quantitative estimate of drug-likeness (QED) is 0.792. The fourth-order valence-electron chi connectivity index (χ4n) is 1.09. The van der Waals surface area contributed by atoms with Gasteiger partial charge in [-0.2, -0.15) is 9.90 Å². The largest absolute Gasteiger partial charge is 0.477 e. The summed E-state index contributed by atoms with van der Waals surface area (Å²) in [7, 11) is 0. The maximum atomic E-state index is 5.53. The van der Waals surface area contributed by atoms with Gasteiger partial charge in [0.1, 0.15) is 0 Å². The zero-order valence-electron chi connectivity index (χ0n) is 8.29. The summed E-state index contributed by atoms with van der Waals surface area (Å²) in [5.74, 6) is 1.53. The van der Waals surface area contributed by atoms with Gasteiger partial charge in [-0.05, 0) is 47.7 Å². The maximum Gasteiger partial charge on any atom is 0.213 e. The van der Waals surface area contributed by atoms with Gasteiger partial charge in [-0.1, -0.05) is 0 Å². The van der Waals surface area contributed by atoms with Gasteiger partial charge < -0.3 is 4.74 Å². The first-order valence-electron chi connectivity index (χ1n) is 4.51. The molecule has 1 aromatic heterocycles. The monoisotopic (exact) mass is 275 g/mol. The van der Waals surface area contributed by atoms with E-state index in [1.54, 1.807) is 0 Å². The number of ether oxygens (including phenoxy) is 1. The molecular formula is C10H15BrNOP. The van der Waals surface area contributed by atoms with E-state index < -0.39 is 0 Å². The summed E-state index contributed by atoms with van der Waals surface area (Å²) in [6.45, 7) is 2.79. The first kappa shape index (κ1) is 11.9. The Labute approximate surface area is 96.2 Å². The molecule has 0 aliphatic heterocycles. The van der Waals surface area contributed by atoms with E-state index in [4.69, 9.17) is 4.74 Å². The van der Waals surface area contributed by atoms with Gasteiger partial charge in [0.15, 0.2) is 0 Å². The molecule has 0 N–H and O–H groups in total. The van der Waals surface area contributed by atoms with E-state index in [9.17, 15) is 0 Å². The lowest BCUT2D eigenvalue weighted by Gasteiger charge is -2.05. The minimum Gasteiger partial charge on any atom is -0.477 e. The zero-order valence-corrected chi connectivity index (χ0v) is 11.3. The molecule has 4 heteroatoms. The van der Waals surface area contributed by atoms with Crippen LogP contribution in [-0.2, 0) is 0 Å². The molecule has 1 atom stereocenters. The predicted molar refractivity (Wildman–Crippen MR) is 66.0 cm³/mol. The molecule has 1 aromatic rings. The summed E-state index contributed by atoms with van der Waals surface area (Å²) >= 11 is 3.40. The lowest BCUT2D eigenvalue weighted by molar-refractivity contribution is 0.288. The molecule has 0 saturated heterocycles. The van der Waals surface area contributed by atoms with Crippen molar-refractivity contribution in [2.75, 3.05) is 6.61 Å². The molecule has 1 aliphatic carbocycles. The molecule has 1 heterocycles. The van der Waals surface area contributed by atoms with Crippen molar-refractivity contribution in [2.45, 2.75) is 19.8 Å². The Kier molecular flexibility index (Phi) is 4.33. The normalized spacial score (nSPS) is 14.7. The van der Waals surface area contributed by atoms with Crippen molar-refractivity contribution in [1.29, 1.82) is 0 Å². The molecular weight excluding hydrogens is 261 g/mol. The van der Waals surface area contributed by atoms with Gasteiger partial charge in [0.25, 0.3) is 0 Å². The average Bonchev–Trinajstić information content (AvgIpc) is 2.91. The number of aromatic nitrogens is 1. The standard InChI is InChI=1S/C10H12BrNO.H3P/c1-7-9(11)4-5-10(12-7)13-6-8-2-3-8;/h4-5,8H,2-3,6H2,1H3;1H3. The van der Waals surface area contributed by atoms with Crippen molar-refractivity contribution < 1.29 is 4.74 Å². The van der Waals surface area contributed by atoms with Crippen LogP contribution in [0.4, 0.5) is 0 Å². The van der Waals surface area contributed by atoms with E-state index >= 15 is 0 Å². The van der Waals surface area contributed by atoms with Crippen LogP contribution in [0, 0.1) is 12.8 Å². The highest BCUT2D eigenvalue weighted by Crippen LogP contribution is 2.29. The van der Waals surface area contributed by atoms with Crippen LogP contribution in [0.15, 0.2) is 16.6 Å². The smallest absolute Gasteiger partial charge is 0.213 e. The third-order valence-electron chi connectivity index (χ3n) is 2.16. The van der Waals surface area contributed by atoms with Gasteiger partial charge in [-0.25, -0.2) is 4.98 Å². The van der Waals surface area contributed by atoms with Crippen molar-refractivity contribution in [3.8, 4) is 5.88 Å². The molecule has 0 amide bonds. The fourth-order valence-corrected chi connectivity index (χ4v) is 1.31. The molecule has 2 nitrogen and oxygen atoms in total. The number of nitrogens with zero attached hydrogens (tertiary/aromatic N) is 1. The van der Waals surface area contributed by atoms with E-state index in [2.05, 4.69) is 20.9 Å².